The van der Waals surface area contributed by atoms with Crippen molar-refractivity contribution in [2.75, 3.05) is 26.4 Å². The first-order valence-corrected chi connectivity index (χ1v) is 20.2. The summed E-state index contributed by atoms with van der Waals surface area (Å²) in [4.78, 5) is 33.3. The number of rotatable bonds is 36. The summed E-state index contributed by atoms with van der Waals surface area (Å²) in [5.74, 6) is -1.78. The first kappa shape index (κ1) is 45.7. The van der Waals surface area contributed by atoms with Gasteiger partial charge in [-0.05, 0) is 38.5 Å². The van der Waals surface area contributed by atoms with E-state index in [1.54, 1.807) is 0 Å². The Hall–Kier alpha value is -1.29. The third-order valence-electron chi connectivity index (χ3n) is 8.04. The number of ether oxygens (including phenoxy) is 2. The normalized spacial score (nSPS) is 14.3. The van der Waals surface area contributed by atoms with Crippen molar-refractivity contribution in [3.8, 4) is 0 Å². The summed E-state index contributed by atoms with van der Waals surface area (Å²) in [5, 5.41) is 8.85. The standard InChI is InChI=1S/C36H70NO9P/c1-3-5-7-9-11-13-15-16-17-18-19-20-22-24-26-28-35(38)46-33(31-44-47(41,42)45-32-34(37)36(39)40)30-43-29-27-25-23-21-14-12-10-8-6-4-2/h16-17,33-34H,3-15,18-32,37H2,1-2H3,(H,39,40)(H,41,42)/b17-16-. The molecule has 0 amide bonds. The molecule has 0 aliphatic rings. The van der Waals surface area contributed by atoms with Crippen LogP contribution in [0, 0.1) is 0 Å². The lowest BCUT2D eigenvalue weighted by Gasteiger charge is -2.20. The van der Waals surface area contributed by atoms with E-state index in [9.17, 15) is 19.0 Å². The van der Waals surface area contributed by atoms with Gasteiger partial charge in [-0.3, -0.25) is 18.6 Å². The van der Waals surface area contributed by atoms with Gasteiger partial charge in [0.1, 0.15) is 12.1 Å². The van der Waals surface area contributed by atoms with E-state index >= 15 is 0 Å². The Morgan fingerprint density at radius 1 is 0.660 bits per heavy atom. The first-order chi connectivity index (χ1) is 22.7. The van der Waals surface area contributed by atoms with Crippen LogP contribution in [-0.4, -0.2) is 60.5 Å². The highest BCUT2D eigenvalue weighted by molar-refractivity contribution is 7.47. The zero-order valence-corrected chi connectivity index (χ0v) is 30.8. The van der Waals surface area contributed by atoms with Gasteiger partial charge in [-0.25, -0.2) is 4.57 Å². The summed E-state index contributed by atoms with van der Waals surface area (Å²) in [6, 6.07) is -1.47. The molecule has 11 heteroatoms. The van der Waals surface area contributed by atoms with Crippen molar-refractivity contribution in [1.82, 2.24) is 0 Å². The molecule has 0 aromatic rings. The minimum atomic E-state index is -4.60. The topological polar surface area (TPSA) is 155 Å². The summed E-state index contributed by atoms with van der Waals surface area (Å²) >= 11 is 0. The molecule has 0 fully saturated rings. The fourth-order valence-electron chi connectivity index (χ4n) is 5.07. The average Bonchev–Trinajstić information content (AvgIpc) is 3.04. The third-order valence-corrected chi connectivity index (χ3v) is 9.00. The molecule has 4 N–H and O–H groups in total. The maximum atomic E-state index is 12.5. The van der Waals surface area contributed by atoms with Crippen LogP contribution in [0.15, 0.2) is 12.2 Å². The number of esters is 1. The van der Waals surface area contributed by atoms with Gasteiger partial charge in [0, 0.05) is 13.0 Å². The van der Waals surface area contributed by atoms with E-state index in [-0.39, 0.29) is 13.0 Å². The minimum absolute atomic E-state index is 0.0180. The van der Waals surface area contributed by atoms with Gasteiger partial charge in [-0.1, -0.05) is 135 Å². The molecule has 3 unspecified atom stereocenters. The highest BCUT2D eigenvalue weighted by Crippen LogP contribution is 2.43. The lowest BCUT2D eigenvalue weighted by molar-refractivity contribution is -0.154. The van der Waals surface area contributed by atoms with Gasteiger partial charge < -0.3 is 25.2 Å². The zero-order chi connectivity index (χ0) is 34.9. The Balaban J connectivity index is 4.30. The third kappa shape index (κ3) is 33.0. The number of carboxylic acids is 1. The van der Waals surface area contributed by atoms with E-state index in [1.165, 1.54) is 89.9 Å². The number of carbonyl (C=O) groups excluding carboxylic acids is 1. The van der Waals surface area contributed by atoms with E-state index in [0.29, 0.717) is 13.0 Å². The number of aliphatic carboxylic acids is 1. The van der Waals surface area contributed by atoms with Gasteiger partial charge in [0.25, 0.3) is 0 Å². The van der Waals surface area contributed by atoms with Crippen LogP contribution in [0.2, 0.25) is 0 Å². The molecule has 0 aliphatic carbocycles. The second-order valence-electron chi connectivity index (χ2n) is 12.7. The number of unbranched alkanes of at least 4 members (excludes halogenated alkanes) is 20. The molecule has 0 spiro atoms. The fourth-order valence-corrected chi connectivity index (χ4v) is 5.85. The maximum absolute atomic E-state index is 12.5. The summed E-state index contributed by atoms with van der Waals surface area (Å²) < 4.78 is 33.1. The van der Waals surface area contributed by atoms with E-state index < -0.39 is 45.1 Å². The number of allylic oxidation sites excluding steroid dienone is 2. The summed E-state index contributed by atoms with van der Waals surface area (Å²) in [6.45, 7) is 3.85. The Morgan fingerprint density at radius 2 is 1.11 bits per heavy atom. The Bertz CT molecular complexity index is 811. The van der Waals surface area contributed by atoms with E-state index in [0.717, 1.165) is 51.4 Å². The largest absolute Gasteiger partial charge is 0.480 e. The van der Waals surface area contributed by atoms with E-state index in [1.807, 2.05) is 0 Å². The van der Waals surface area contributed by atoms with Crippen LogP contribution in [0.5, 0.6) is 0 Å². The number of hydrogen-bond acceptors (Lipinski definition) is 8. The molecule has 0 aliphatic heterocycles. The summed E-state index contributed by atoms with van der Waals surface area (Å²) in [5.41, 5.74) is 5.33. The van der Waals surface area contributed by atoms with Crippen molar-refractivity contribution in [3.63, 3.8) is 0 Å². The molecule has 0 aromatic heterocycles. The van der Waals surface area contributed by atoms with Crippen LogP contribution >= 0.6 is 7.82 Å². The average molecular weight is 692 g/mol. The van der Waals surface area contributed by atoms with Crippen LogP contribution in [0.4, 0.5) is 0 Å². The molecule has 0 heterocycles. The Kier molecular flexibility index (Phi) is 32.3. The van der Waals surface area contributed by atoms with Crippen molar-refractivity contribution in [2.45, 2.75) is 180 Å². The van der Waals surface area contributed by atoms with Gasteiger partial charge in [0.05, 0.1) is 19.8 Å². The van der Waals surface area contributed by atoms with Gasteiger partial charge >= 0.3 is 19.8 Å². The van der Waals surface area contributed by atoms with Gasteiger partial charge in [-0.2, -0.15) is 0 Å². The van der Waals surface area contributed by atoms with Crippen LogP contribution < -0.4 is 5.73 Å². The lowest BCUT2D eigenvalue weighted by atomic mass is 10.1. The van der Waals surface area contributed by atoms with Crippen molar-refractivity contribution < 1.29 is 42.7 Å². The summed E-state index contributed by atoms with van der Waals surface area (Å²) in [6.07, 6.45) is 31.2. The fraction of sp³-hybridized carbons (Fsp3) is 0.889. The van der Waals surface area contributed by atoms with Crippen molar-refractivity contribution in [1.29, 1.82) is 0 Å². The van der Waals surface area contributed by atoms with Gasteiger partial charge in [-0.15, -0.1) is 0 Å². The highest BCUT2D eigenvalue weighted by atomic mass is 31.2. The monoisotopic (exact) mass is 691 g/mol. The quantitative estimate of drug-likeness (QED) is 0.0250. The van der Waals surface area contributed by atoms with Crippen LogP contribution in [0.25, 0.3) is 0 Å². The second kappa shape index (κ2) is 33.2. The summed E-state index contributed by atoms with van der Waals surface area (Å²) in [7, 11) is -4.60. The molecule has 3 atom stereocenters. The molecule has 278 valence electrons. The van der Waals surface area contributed by atoms with Gasteiger partial charge in [0.2, 0.25) is 0 Å². The molecule has 10 nitrogen and oxygen atoms in total. The Labute approximate surface area is 286 Å². The molecule has 0 aromatic carbocycles. The maximum Gasteiger partial charge on any atom is 0.472 e. The number of carboxylic acid groups (broad SMARTS) is 1. The van der Waals surface area contributed by atoms with Crippen LogP contribution in [0.3, 0.4) is 0 Å². The molecule has 0 saturated carbocycles. The van der Waals surface area contributed by atoms with E-state index in [2.05, 4.69) is 30.5 Å². The van der Waals surface area contributed by atoms with Gasteiger partial charge in [0.15, 0.2) is 0 Å². The Morgan fingerprint density at radius 3 is 1.62 bits per heavy atom. The van der Waals surface area contributed by atoms with E-state index in [4.69, 9.17) is 24.8 Å². The molecule has 47 heavy (non-hydrogen) atoms. The van der Waals surface area contributed by atoms with Crippen molar-refractivity contribution >= 4 is 19.8 Å². The van der Waals surface area contributed by atoms with Crippen molar-refractivity contribution in [3.05, 3.63) is 12.2 Å². The molecule has 0 rings (SSSR count). The predicted molar refractivity (Wildman–Crippen MR) is 189 cm³/mol. The number of nitrogens with two attached hydrogens (primary N) is 1. The molecular formula is C36H70NO9P. The lowest BCUT2D eigenvalue weighted by Crippen LogP contribution is -2.34. The molecule has 0 bridgehead atoms. The SMILES string of the molecule is CCCCCCCC/C=C\CCCCCCCC(=O)OC(COCCCCCCCCCCCC)COP(=O)(O)OCC(N)C(=O)O. The van der Waals surface area contributed by atoms with Crippen molar-refractivity contribution in [2.24, 2.45) is 5.73 Å². The second-order valence-corrected chi connectivity index (χ2v) is 14.2. The number of hydrogen-bond donors (Lipinski definition) is 3. The zero-order valence-electron chi connectivity index (χ0n) is 29.9. The first-order valence-electron chi connectivity index (χ1n) is 18.7. The smallest absolute Gasteiger partial charge is 0.472 e. The van der Waals surface area contributed by atoms with Crippen LogP contribution in [-0.2, 0) is 32.7 Å². The minimum Gasteiger partial charge on any atom is -0.480 e. The number of phosphoric acid groups is 1. The number of carbonyl (C=O) groups is 2. The number of phosphoric ester groups is 1. The van der Waals surface area contributed by atoms with Crippen LogP contribution in [0.1, 0.15) is 168 Å². The molecule has 0 saturated heterocycles. The molecular weight excluding hydrogens is 621 g/mol. The predicted octanol–water partition coefficient (Wildman–Crippen LogP) is 9.42. The highest BCUT2D eigenvalue weighted by Gasteiger charge is 2.27. The molecule has 0 radical (unpaired) electrons.